The predicted molar refractivity (Wildman–Crippen MR) is 108 cm³/mol. The second-order valence-corrected chi connectivity index (χ2v) is 7.86. The molecule has 8 heteroatoms. The van der Waals surface area contributed by atoms with Crippen molar-refractivity contribution in [3.8, 4) is 11.4 Å². The number of benzene rings is 2. The van der Waals surface area contributed by atoms with Crippen LogP contribution in [0.25, 0.3) is 5.69 Å². The molecular weight excluding hydrogens is 430 g/mol. The predicted octanol–water partition coefficient (Wildman–Crippen LogP) is 4.40. The Morgan fingerprint density at radius 2 is 1.93 bits per heavy atom. The molecule has 0 fully saturated rings. The van der Waals surface area contributed by atoms with Crippen LogP contribution in [0.3, 0.4) is 0 Å². The van der Waals surface area contributed by atoms with Crippen molar-refractivity contribution in [2.24, 2.45) is 0 Å². The Labute approximate surface area is 169 Å². The molecule has 3 aromatic rings. The third-order valence-electron chi connectivity index (χ3n) is 3.81. The zero-order valence-corrected chi connectivity index (χ0v) is 17.2. The molecule has 0 bridgehead atoms. The standard InChI is InChI=1S/C19H18BrN3O3S/c1-12-9-16(7-8-18(12)26-10-19(24)25)27-11-17-13(2)21-23(22-17)15-5-3-14(20)4-6-15/h3-9H,10-11H2,1-2H3,(H,24,25). The summed E-state index contributed by atoms with van der Waals surface area (Å²) < 4.78 is 6.27. The largest absolute Gasteiger partial charge is 0.482 e. The second-order valence-electron chi connectivity index (χ2n) is 5.90. The number of hydrogen-bond donors (Lipinski definition) is 1. The van der Waals surface area contributed by atoms with Crippen LogP contribution in [0.4, 0.5) is 0 Å². The van der Waals surface area contributed by atoms with Gasteiger partial charge in [0, 0.05) is 15.1 Å². The van der Waals surface area contributed by atoms with Gasteiger partial charge in [-0.25, -0.2) is 4.79 Å². The summed E-state index contributed by atoms with van der Waals surface area (Å²) in [6.45, 7) is 3.51. The fraction of sp³-hybridized carbons (Fsp3) is 0.211. The van der Waals surface area contributed by atoms with E-state index < -0.39 is 5.97 Å². The van der Waals surface area contributed by atoms with Gasteiger partial charge in [-0.1, -0.05) is 15.9 Å². The van der Waals surface area contributed by atoms with Gasteiger partial charge in [0.2, 0.25) is 0 Å². The van der Waals surface area contributed by atoms with Crippen LogP contribution in [0.1, 0.15) is 17.0 Å². The molecule has 0 saturated carbocycles. The maximum Gasteiger partial charge on any atom is 0.341 e. The topological polar surface area (TPSA) is 77.2 Å². The lowest BCUT2D eigenvalue weighted by molar-refractivity contribution is -0.139. The number of carboxylic acids is 1. The van der Waals surface area contributed by atoms with Crippen molar-refractivity contribution in [2.45, 2.75) is 24.5 Å². The van der Waals surface area contributed by atoms with Crippen LogP contribution < -0.4 is 4.74 Å². The summed E-state index contributed by atoms with van der Waals surface area (Å²) in [5.74, 6) is 0.285. The quantitative estimate of drug-likeness (QED) is 0.540. The average Bonchev–Trinajstić information content (AvgIpc) is 3.00. The molecule has 0 amide bonds. The number of carboxylic acid groups (broad SMARTS) is 1. The molecule has 0 radical (unpaired) electrons. The Bertz CT molecular complexity index is 957. The second kappa shape index (κ2) is 8.58. The summed E-state index contributed by atoms with van der Waals surface area (Å²) >= 11 is 5.08. The molecule has 0 spiro atoms. The molecule has 0 saturated heterocycles. The van der Waals surface area contributed by atoms with E-state index in [4.69, 9.17) is 9.84 Å². The van der Waals surface area contributed by atoms with Gasteiger partial charge in [-0.15, -0.1) is 11.8 Å². The van der Waals surface area contributed by atoms with Crippen molar-refractivity contribution in [1.29, 1.82) is 0 Å². The van der Waals surface area contributed by atoms with Crippen molar-refractivity contribution in [2.75, 3.05) is 6.61 Å². The highest BCUT2D eigenvalue weighted by Gasteiger charge is 2.10. The van der Waals surface area contributed by atoms with E-state index in [-0.39, 0.29) is 6.61 Å². The first-order valence-corrected chi connectivity index (χ1v) is 9.97. The van der Waals surface area contributed by atoms with E-state index in [0.717, 1.165) is 32.0 Å². The summed E-state index contributed by atoms with van der Waals surface area (Å²) in [5.41, 5.74) is 3.63. The minimum atomic E-state index is -0.989. The molecular formula is C19H18BrN3O3S. The first-order chi connectivity index (χ1) is 12.9. The number of aromatic nitrogens is 3. The Hall–Kier alpha value is -2.32. The molecule has 3 rings (SSSR count). The normalized spacial score (nSPS) is 10.8. The maximum atomic E-state index is 10.6. The van der Waals surface area contributed by atoms with Crippen LogP contribution in [0.15, 0.2) is 51.8 Å². The lowest BCUT2D eigenvalue weighted by atomic mass is 10.2. The molecule has 0 aliphatic heterocycles. The maximum absolute atomic E-state index is 10.6. The molecule has 2 aromatic carbocycles. The number of carbonyl (C=O) groups is 1. The zero-order chi connectivity index (χ0) is 19.4. The van der Waals surface area contributed by atoms with Crippen LogP contribution in [0.5, 0.6) is 5.75 Å². The molecule has 0 aliphatic carbocycles. The molecule has 6 nitrogen and oxygen atoms in total. The van der Waals surface area contributed by atoms with Crippen molar-refractivity contribution < 1.29 is 14.6 Å². The lowest BCUT2D eigenvalue weighted by Crippen LogP contribution is -2.09. The number of thioether (sulfide) groups is 1. The van der Waals surface area contributed by atoms with Crippen molar-refractivity contribution >= 4 is 33.7 Å². The van der Waals surface area contributed by atoms with Crippen LogP contribution >= 0.6 is 27.7 Å². The van der Waals surface area contributed by atoms with Gasteiger partial charge in [0.25, 0.3) is 0 Å². The summed E-state index contributed by atoms with van der Waals surface area (Å²) in [5, 5.41) is 17.8. The fourth-order valence-corrected chi connectivity index (χ4v) is 3.66. The van der Waals surface area contributed by atoms with E-state index in [0.29, 0.717) is 11.5 Å². The fourth-order valence-electron chi connectivity index (χ4n) is 2.40. The van der Waals surface area contributed by atoms with Crippen LogP contribution in [0, 0.1) is 13.8 Å². The molecule has 0 aliphatic rings. The third-order valence-corrected chi connectivity index (χ3v) is 5.34. The van der Waals surface area contributed by atoms with Gasteiger partial charge in [0.1, 0.15) is 5.75 Å². The van der Waals surface area contributed by atoms with E-state index in [9.17, 15) is 4.79 Å². The lowest BCUT2D eigenvalue weighted by Gasteiger charge is -2.08. The van der Waals surface area contributed by atoms with Gasteiger partial charge >= 0.3 is 5.97 Å². The number of aliphatic carboxylic acids is 1. The van der Waals surface area contributed by atoms with Crippen molar-refractivity contribution in [3.05, 3.63) is 63.9 Å². The molecule has 1 aromatic heterocycles. The average molecular weight is 448 g/mol. The monoisotopic (exact) mass is 447 g/mol. The van der Waals surface area contributed by atoms with Gasteiger partial charge in [0.05, 0.1) is 17.1 Å². The number of hydrogen-bond acceptors (Lipinski definition) is 5. The highest BCUT2D eigenvalue weighted by molar-refractivity contribution is 9.10. The minimum absolute atomic E-state index is 0.342. The Morgan fingerprint density at radius 1 is 1.19 bits per heavy atom. The van der Waals surface area contributed by atoms with Gasteiger partial charge < -0.3 is 9.84 Å². The molecule has 140 valence electrons. The Morgan fingerprint density at radius 3 is 2.59 bits per heavy atom. The van der Waals surface area contributed by atoms with Crippen LogP contribution in [-0.2, 0) is 10.5 Å². The van der Waals surface area contributed by atoms with Gasteiger partial charge in [-0.2, -0.15) is 15.0 Å². The van der Waals surface area contributed by atoms with Crippen molar-refractivity contribution in [3.63, 3.8) is 0 Å². The van der Waals surface area contributed by atoms with Crippen LogP contribution in [0.2, 0.25) is 0 Å². The van der Waals surface area contributed by atoms with E-state index in [2.05, 4.69) is 26.1 Å². The smallest absolute Gasteiger partial charge is 0.341 e. The number of halogens is 1. The van der Waals surface area contributed by atoms with Gasteiger partial charge in [-0.05, 0) is 61.9 Å². The van der Waals surface area contributed by atoms with E-state index in [1.165, 1.54) is 0 Å². The highest BCUT2D eigenvalue weighted by atomic mass is 79.9. The number of aryl methyl sites for hydroxylation is 2. The number of rotatable bonds is 7. The first-order valence-electron chi connectivity index (χ1n) is 8.19. The Kier molecular flexibility index (Phi) is 6.18. The van der Waals surface area contributed by atoms with Gasteiger partial charge in [-0.3, -0.25) is 0 Å². The SMILES string of the molecule is Cc1cc(SCc2nn(-c3ccc(Br)cc3)nc2C)ccc1OCC(=O)O. The number of ether oxygens (including phenoxy) is 1. The number of nitrogens with zero attached hydrogens (tertiary/aromatic N) is 3. The zero-order valence-electron chi connectivity index (χ0n) is 14.8. The Balaban J connectivity index is 1.67. The summed E-state index contributed by atoms with van der Waals surface area (Å²) in [6, 6.07) is 13.5. The summed E-state index contributed by atoms with van der Waals surface area (Å²) in [7, 11) is 0. The van der Waals surface area contributed by atoms with Gasteiger partial charge in [0.15, 0.2) is 6.61 Å². The molecule has 0 atom stereocenters. The molecule has 1 heterocycles. The molecule has 27 heavy (non-hydrogen) atoms. The van der Waals surface area contributed by atoms with E-state index >= 15 is 0 Å². The summed E-state index contributed by atoms with van der Waals surface area (Å²) in [4.78, 5) is 13.3. The van der Waals surface area contributed by atoms with Crippen molar-refractivity contribution in [1.82, 2.24) is 15.0 Å². The van der Waals surface area contributed by atoms with E-state index in [1.54, 1.807) is 22.6 Å². The highest BCUT2D eigenvalue weighted by Crippen LogP contribution is 2.28. The minimum Gasteiger partial charge on any atom is -0.482 e. The summed E-state index contributed by atoms with van der Waals surface area (Å²) in [6.07, 6.45) is 0. The third kappa shape index (κ3) is 5.11. The molecule has 1 N–H and O–H groups in total. The van der Waals surface area contributed by atoms with E-state index in [1.807, 2.05) is 50.2 Å². The first kappa shape index (κ1) is 19.4. The van der Waals surface area contributed by atoms with Crippen LogP contribution in [-0.4, -0.2) is 32.7 Å². The molecule has 0 unspecified atom stereocenters.